The van der Waals surface area contributed by atoms with Gasteiger partial charge in [-0.2, -0.15) is 5.10 Å². The van der Waals surface area contributed by atoms with Gasteiger partial charge in [-0.25, -0.2) is 13.6 Å². The fraction of sp³-hybridized carbons (Fsp3) is 0.714. The van der Waals surface area contributed by atoms with Crippen LogP contribution in [-0.4, -0.2) is 64.3 Å². The van der Waals surface area contributed by atoms with Crippen molar-refractivity contribution in [3.8, 4) is 0 Å². The number of hydrogen-bond donors (Lipinski definition) is 1. The highest BCUT2D eigenvalue weighted by Crippen LogP contribution is 2.16. The molecule has 1 atom stereocenters. The molecule has 1 aliphatic rings. The van der Waals surface area contributed by atoms with Crippen molar-refractivity contribution in [2.75, 3.05) is 31.5 Å². The monoisotopic (exact) mass is 315 g/mol. The number of amides is 2. The number of carbonyl (C=O) groups is 1. The highest BCUT2D eigenvalue weighted by atomic mass is 19.3. The van der Waals surface area contributed by atoms with Crippen LogP contribution in [0.4, 0.5) is 19.4 Å². The fourth-order valence-corrected chi connectivity index (χ4v) is 2.82. The molecule has 1 unspecified atom stereocenters. The molecule has 2 rings (SSSR count). The Kier molecular flexibility index (Phi) is 5.70. The third-order valence-electron chi connectivity index (χ3n) is 3.98. The quantitative estimate of drug-likeness (QED) is 0.874. The number of carbonyl (C=O) groups excluding carboxylic acids is 1. The lowest BCUT2D eigenvalue weighted by molar-refractivity contribution is 0.122. The second-order valence-electron chi connectivity index (χ2n) is 5.35. The molecule has 2 amide bonds. The number of nitrogens with one attached hydrogen (secondary N) is 1. The highest BCUT2D eigenvalue weighted by molar-refractivity contribution is 5.88. The summed E-state index contributed by atoms with van der Waals surface area (Å²) < 4.78 is 25.7. The summed E-state index contributed by atoms with van der Waals surface area (Å²) in [5, 5.41) is 6.58. The molecule has 0 saturated carbocycles. The lowest BCUT2D eigenvalue weighted by Gasteiger charge is -2.26. The number of anilines is 1. The Bertz CT molecular complexity index is 489. The molecule has 2 heterocycles. The number of likely N-dealkylation sites (tertiary alicyclic amines) is 1. The summed E-state index contributed by atoms with van der Waals surface area (Å²) in [6.45, 7) is 7.08. The van der Waals surface area contributed by atoms with E-state index in [4.69, 9.17) is 0 Å². The number of alkyl halides is 2. The van der Waals surface area contributed by atoms with Gasteiger partial charge in [-0.15, -0.1) is 0 Å². The minimum atomic E-state index is -2.46. The summed E-state index contributed by atoms with van der Waals surface area (Å²) in [7, 11) is 0. The van der Waals surface area contributed by atoms with Crippen LogP contribution in [0.1, 0.15) is 20.3 Å². The number of halogens is 2. The normalized spacial score (nSPS) is 18.5. The van der Waals surface area contributed by atoms with E-state index in [1.807, 2.05) is 0 Å². The van der Waals surface area contributed by atoms with Gasteiger partial charge in [-0.1, -0.05) is 13.8 Å². The van der Waals surface area contributed by atoms with Crippen LogP contribution in [0.15, 0.2) is 12.3 Å². The molecule has 1 fully saturated rings. The molecular weight excluding hydrogens is 292 g/mol. The van der Waals surface area contributed by atoms with E-state index in [2.05, 4.69) is 29.2 Å². The molecule has 0 aromatic carbocycles. The van der Waals surface area contributed by atoms with Gasteiger partial charge in [0, 0.05) is 31.4 Å². The third kappa shape index (κ3) is 4.16. The van der Waals surface area contributed by atoms with Gasteiger partial charge in [0.1, 0.15) is 6.54 Å². The molecule has 0 spiro atoms. The van der Waals surface area contributed by atoms with E-state index in [0.29, 0.717) is 24.9 Å². The summed E-state index contributed by atoms with van der Waals surface area (Å²) >= 11 is 0. The van der Waals surface area contributed by atoms with Gasteiger partial charge < -0.3 is 4.90 Å². The smallest absolute Gasteiger partial charge is 0.323 e. The van der Waals surface area contributed by atoms with Gasteiger partial charge in [-0.05, 0) is 19.5 Å². The second kappa shape index (κ2) is 7.53. The Hall–Kier alpha value is -1.70. The Labute approximate surface area is 129 Å². The zero-order chi connectivity index (χ0) is 16.1. The van der Waals surface area contributed by atoms with Crippen molar-refractivity contribution in [3.05, 3.63) is 12.3 Å². The van der Waals surface area contributed by atoms with Crippen molar-refractivity contribution in [2.45, 2.75) is 39.3 Å². The Morgan fingerprint density at radius 3 is 2.86 bits per heavy atom. The van der Waals surface area contributed by atoms with Gasteiger partial charge >= 0.3 is 6.03 Å². The SMILES string of the molecule is CCN(CC)C1CCN(C(=O)Nc2ccn(CC(F)F)n2)C1. The Morgan fingerprint density at radius 1 is 1.50 bits per heavy atom. The summed E-state index contributed by atoms with van der Waals surface area (Å²) in [4.78, 5) is 16.3. The molecule has 1 N–H and O–H groups in total. The summed E-state index contributed by atoms with van der Waals surface area (Å²) in [5.41, 5.74) is 0. The predicted molar refractivity (Wildman–Crippen MR) is 80.1 cm³/mol. The minimum Gasteiger partial charge on any atom is -0.323 e. The van der Waals surface area contributed by atoms with Crippen LogP contribution >= 0.6 is 0 Å². The molecule has 1 aliphatic heterocycles. The molecule has 0 bridgehead atoms. The average molecular weight is 315 g/mol. The van der Waals surface area contributed by atoms with Crippen molar-refractivity contribution < 1.29 is 13.6 Å². The van der Waals surface area contributed by atoms with E-state index in [-0.39, 0.29) is 6.03 Å². The summed E-state index contributed by atoms with van der Waals surface area (Å²) in [6, 6.07) is 1.69. The molecule has 22 heavy (non-hydrogen) atoms. The standard InChI is InChI=1S/C14H23F2N5O/c1-3-19(4-2)11-5-7-20(9-11)14(22)17-13-6-8-21(18-13)10-12(15)16/h6,8,11-12H,3-5,7,9-10H2,1-2H3,(H,17,18,22). The van der Waals surface area contributed by atoms with Crippen molar-refractivity contribution in [1.29, 1.82) is 0 Å². The van der Waals surface area contributed by atoms with Crippen LogP contribution in [0.2, 0.25) is 0 Å². The van der Waals surface area contributed by atoms with E-state index in [0.717, 1.165) is 24.2 Å². The molecule has 1 saturated heterocycles. The Morgan fingerprint density at radius 2 is 2.23 bits per heavy atom. The lowest BCUT2D eigenvalue weighted by Crippen LogP contribution is -2.39. The van der Waals surface area contributed by atoms with Crippen LogP contribution in [0.3, 0.4) is 0 Å². The van der Waals surface area contributed by atoms with Crippen molar-refractivity contribution >= 4 is 11.8 Å². The van der Waals surface area contributed by atoms with Crippen LogP contribution in [-0.2, 0) is 6.54 Å². The van der Waals surface area contributed by atoms with E-state index in [1.165, 1.54) is 12.3 Å². The van der Waals surface area contributed by atoms with Gasteiger partial charge in [0.05, 0.1) is 0 Å². The molecule has 124 valence electrons. The first-order chi connectivity index (χ1) is 10.5. The number of nitrogens with zero attached hydrogens (tertiary/aromatic N) is 4. The van der Waals surface area contributed by atoms with Crippen LogP contribution in [0, 0.1) is 0 Å². The van der Waals surface area contributed by atoms with Gasteiger partial charge in [0.25, 0.3) is 6.43 Å². The molecule has 0 radical (unpaired) electrons. The number of likely N-dealkylation sites (N-methyl/N-ethyl adjacent to an activating group) is 1. The number of hydrogen-bond acceptors (Lipinski definition) is 3. The van der Waals surface area contributed by atoms with Crippen LogP contribution in [0.25, 0.3) is 0 Å². The largest absolute Gasteiger partial charge is 0.323 e. The van der Waals surface area contributed by atoms with Crippen molar-refractivity contribution in [1.82, 2.24) is 19.6 Å². The fourth-order valence-electron chi connectivity index (χ4n) is 2.82. The Balaban J connectivity index is 1.86. The number of urea groups is 1. The average Bonchev–Trinajstić information content (AvgIpc) is 3.09. The van der Waals surface area contributed by atoms with Crippen LogP contribution < -0.4 is 5.32 Å². The number of aromatic nitrogens is 2. The van der Waals surface area contributed by atoms with E-state index < -0.39 is 13.0 Å². The summed E-state index contributed by atoms with van der Waals surface area (Å²) in [5.74, 6) is 0.303. The van der Waals surface area contributed by atoms with Gasteiger partial charge in [0.2, 0.25) is 0 Å². The van der Waals surface area contributed by atoms with Crippen LogP contribution in [0.5, 0.6) is 0 Å². The molecule has 8 heteroatoms. The topological polar surface area (TPSA) is 53.4 Å². The minimum absolute atomic E-state index is 0.225. The molecule has 0 aliphatic carbocycles. The maximum Gasteiger partial charge on any atom is 0.323 e. The van der Waals surface area contributed by atoms with Gasteiger partial charge in [-0.3, -0.25) is 14.9 Å². The first kappa shape index (κ1) is 16.7. The zero-order valence-corrected chi connectivity index (χ0v) is 13.0. The first-order valence-corrected chi connectivity index (χ1v) is 7.65. The van der Waals surface area contributed by atoms with E-state index in [1.54, 1.807) is 4.90 Å². The summed E-state index contributed by atoms with van der Waals surface area (Å²) in [6.07, 6.45) is -0.0730. The third-order valence-corrected chi connectivity index (χ3v) is 3.98. The lowest BCUT2D eigenvalue weighted by atomic mass is 10.2. The number of rotatable bonds is 6. The molecule has 6 nitrogen and oxygen atoms in total. The van der Waals surface area contributed by atoms with E-state index >= 15 is 0 Å². The predicted octanol–water partition coefficient (Wildman–Crippen LogP) is 2.10. The molecular formula is C14H23F2N5O. The maximum absolute atomic E-state index is 12.3. The molecule has 1 aromatic rings. The maximum atomic E-state index is 12.3. The zero-order valence-electron chi connectivity index (χ0n) is 13.0. The first-order valence-electron chi connectivity index (χ1n) is 7.65. The van der Waals surface area contributed by atoms with Crippen molar-refractivity contribution in [2.24, 2.45) is 0 Å². The second-order valence-corrected chi connectivity index (χ2v) is 5.35. The van der Waals surface area contributed by atoms with Crippen molar-refractivity contribution in [3.63, 3.8) is 0 Å². The molecule has 1 aromatic heterocycles. The highest BCUT2D eigenvalue weighted by Gasteiger charge is 2.29. The van der Waals surface area contributed by atoms with E-state index in [9.17, 15) is 13.6 Å². The van der Waals surface area contributed by atoms with Gasteiger partial charge in [0.15, 0.2) is 5.82 Å².